The van der Waals surface area contributed by atoms with Crippen LogP contribution >= 0.6 is 23.5 Å². The van der Waals surface area contributed by atoms with Crippen molar-refractivity contribution in [2.24, 2.45) is 5.92 Å². The Bertz CT molecular complexity index is 800. The summed E-state index contributed by atoms with van der Waals surface area (Å²) in [6.07, 6.45) is -2.41. The lowest BCUT2D eigenvalue weighted by atomic mass is 9.97. The minimum atomic E-state index is -4.95. The molecule has 1 heterocycles. The summed E-state index contributed by atoms with van der Waals surface area (Å²) in [4.78, 5) is 32.0. The Morgan fingerprint density at radius 3 is 1.97 bits per heavy atom. The van der Waals surface area contributed by atoms with Crippen LogP contribution in [0.15, 0.2) is 0 Å². The first-order valence-electron chi connectivity index (χ1n) is 8.93. The Labute approximate surface area is 184 Å². The van der Waals surface area contributed by atoms with E-state index < -0.39 is 66.2 Å². The highest BCUT2D eigenvalue weighted by molar-refractivity contribution is 7.67. The van der Waals surface area contributed by atoms with E-state index in [0.717, 1.165) is 21.3 Å². The van der Waals surface area contributed by atoms with Crippen LogP contribution in [-0.2, 0) is 64.2 Å². The van der Waals surface area contributed by atoms with Crippen molar-refractivity contribution in [1.29, 1.82) is 0 Å². The first-order chi connectivity index (χ1) is 14.7. The van der Waals surface area contributed by atoms with Gasteiger partial charge in [-0.1, -0.05) is 0 Å². The largest absolute Gasteiger partial charge is 0.492 e. The van der Waals surface area contributed by atoms with Gasteiger partial charge in [0.1, 0.15) is 12.7 Å². The van der Waals surface area contributed by atoms with Crippen LogP contribution in [0.1, 0.15) is 20.8 Å². The molecule has 1 rings (SSSR count). The van der Waals surface area contributed by atoms with Gasteiger partial charge in [0.25, 0.3) is 0 Å². The third-order valence-corrected chi connectivity index (χ3v) is 9.06. The first-order valence-corrected chi connectivity index (χ1v) is 13.3. The number of hydrogen-bond acceptors (Lipinski definition) is 14. The number of phosphoric acid groups is 3. The van der Waals surface area contributed by atoms with E-state index in [0.29, 0.717) is 0 Å². The Morgan fingerprint density at radius 2 is 1.50 bits per heavy atom. The summed E-state index contributed by atoms with van der Waals surface area (Å²) in [5.41, 5.74) is 0. The monoisotopic (exact) mass is 528 g/mol. The molecule has 0 radical (unpaired) electrons. The zero-order valence-electron chi connectivity index (χ0n) is 18.2. The predicted molar refractivity (Wildman–Crippen MR) is 104 cm³/mol. The number of carbonyl (C=O) groups is 2. The van der Waals surface area contributed by atoms with Crippen LogP contribution in [0, 0.1) is 5.92 Å². The summed E-state index contributed by atoms with van der Waals surface area (Å²) in [6.45, 7) is 3.21. The van der Waals surface area contributed by atoms with Crippen LogP contribution in [-0.4, -0.2) is 69.7 Å². The van der Waals surface area contributed by atoms with Crippen molar-refractivity contribution in [1.82, 2.24) is 0 Å². The molecule has 3 unspecified atom stereocenters. The molecular formula is C14H27O15P3. The lowest BCUT2D eigenvalue weighted by Gasteiger charge is -2.25. The number of carbonyl (C=O) groups excluding carboxylic acids is 2. The molecule has 18 heteroatoms. The number of ether oxygens (including phenoxy) is 3. The van der Waals surface area contributed by atoms with Gasteiger partial charge in [-0.25, -0.2) is 13.7 Å². The lowest BCUT2D eigenvalue weighted by Crippen LogP contribution is -2.36. The van der Waals surface area contributed by atoms with Crippen molar-refractivity contribution >= 4 is 35.4 Å². The molecule has 1 aliphatic heterocycles. The van der Waals surface area contributed by atoms with Crippen LogP contribution in [0.5, 0.6) is 0 Å². The molecule has 188 valence electrons. The first kappa shape index (κ1) is 29.3. The molecule has 0 aromatic carbocycles. The second-order valence-corrected chi connectivity index (χ2v) is 11.7. The minimum Gasteiger partial charge on any atom is -0.465 e. The van der Waals surface area contributed by atoms with E-state index >= 15 is 0 Å². The normalized spacial score (nSPS) is 28.8. The molecule has 15 nitrogen and oxygen atoms in total. The van der Waals surface area contributed by atoms with Crippen molar-refractivity contribution in [3.8, 4) is 0 Å². The van der Waals surface area contributed by atoms with Gasteiger partial charge in [-0.2, -0.15) is 8.62 Å². The van der Waals surface area contributed by atoms with Gasteiger partial charge in [-0.05, 0) is 6.92 Å². The van der Waals surface area contributed by atoms with E-state index in [-0.39, 0.29) is 6.61 Å². The van der Waals surface area contributed by atoms with E-state index in [9.17, 15) is 28.2 Å². The molecule has 0 aromatic rings. The highest BCUT2D eigenvalue weighted by Crippen LogP contribution is 2.71. The number of rotatable bonds is 13. The zero-order chi connectivity index (χ0) is 24.7. The molecule has 1 fully saturated rings. The van der Waals surface area contributed by atoms with Gasteiger partial charge in [-0.15, -0.1) is 0 Å². The van der Waals surface area contributed by atoms with Gasteiger partial charge in [0.15, 0.2) is 0 Å². The molecule has 32 heavy (non-hydrogen) atoms. The van der Waals surface area contributed by atoms with Crippen molar-refractivity contribution in [2.45, 2.75) is 39.1 Å². The van der Waals surface area contributed by atoms with E-state index in [2.05, 4.69) is 22.2 Å². The maximum atomic E-state index is 12.8. The molecule has 0 bridgehead atoms. The molecule has 0 amide bonds. The maximum absolute atomic E-state index is 12.8. The fraction of sp³-hybridized carbons (Fsp3) is 0.857. The predicted octanol–water partition coefficient (Wildman–Crippen LogP) is 2.19. The minimum absolute atomic E-state index is 0.217. The van der Waals surface area contributed by atoms with Gasteiger partial charge < -0.3 is 19.1 Å². The lowest BCUT2D eigenvalue weighted by molar-refractivity contribution is -0.152. The van der Waals surface area contributed by atoms with Gasteiger partial charge in [0, 0.05) is 35.2 Å². The molecule has 1 aliphatic rings. The quantitative estimate of drug-likeness (QED) is 0.270. The molecule has 0 aliphatic carbocycles. The number of hydrogen-bond donors (Lipinski definition) is 1. The molecule has 7 atom stereocenters. The van der Waals surface area contributed by atoms with Gasteiger partial charge in [-0.3, -0.25) is 27.7 Å². The van der Waals surface area contributed by atoms with Crippen LogP contribution in [0.2, 0.25) is 0 Å². The fourth-order valence-electron chi connectivity index (χ4n) is 2.61. The van der Waals surface area contributed by atoms with Gasteiger partial charge >= 0.3 is 35.4 Å². The summed E-state index contributed by atoms with van der Waals surface area (Å²) in [5, 5.41) is 0. The van der Waals surface area contributed by atoms with E-state index in [1.807, 2.05) is 0 Å². The summed E-state index contributed by atoms with van der Waals surface area (Å²) in [5.74, 6) is -1.92. The van der Waals surface area contributed by atoms with Crippen LogP contribution in [0.4, 0.5) is 0 Å². The smallest absolute Gasteiger partial charge is 0.465 e. The van der Waals surface area contributed by atoms with Crippen LogP contribution in [0.25, 0.3) is 0 Å². The number of phosphoric ester groups is 2. The molecule has 0 aromatic heterocycles. The van der Waals surface area contributed by atoms with Crippen molar-refractivity contribution in [3.05, 3.63) is 0 Å². The highest BCUT2D eigenvalue weighted by atomic mass is 31.3. The van der Waals surface area contributed by atoms with E-state index in [4.69, 9.17) is 18.7 Å². The third kappa shape index (κ3) is 8.92. The molecule has 1 N–H and O–H groups in total. The Balaban J connectivity index is 2.98. The van der Waals surface area contributed by atoms with Crippen molar-refractivity contribution in [2.75, 3.05) is 34.5 Å². The summed E-state index contributed by atoms with van der Waals surface area (Å²) >= 11 is 0. The van der Waals surface area contributed by atoms with Crippen molar-refractivity contribution in [3.63, 3.8) is 0 Å². The second-order valence-electron chi connectivity index (χ2n) is 6.29. The Morgan fingerprint density at radius 1 is 0.906 bits per heavy atom. The zero-order valence-corrected chi connectivity index (χ0v) is 20.9. The summed E-state index contributed by atoms with van der Waals surface area (Å²) in [6, 6.07) is 0. The summed E-state index contributed by atoms with van der Waals surface area (Å²) in [7, 11) is -12.1. The SMILES string of the molecule is COP(=O)(O)OP(=O)(OC)OP(=O)(OC)OC[C@H]1O[C@@H](C)[C@H](OC(C)=O)[C@@H]1COC(C)=O. The van der Waals surface area contributed by atoms with E-state index in [1.165, 1.54) is 13.8 Å². The Kier molecular flexibility index (Phi) is 11.1. The van der Waals surface area contributed by atoms with Crippen LogP contribution < -0.4 is 0 Å². The van der Waals surface area contributed by atoms with Gasteiger partial charge in [0.2, 0.25) is 0 Å². The molecule has 0 saturated carbocycles. The number of esters is 2. The average Bonchev–Trinajstić information content (AvgIpc) is 2.98. The maximum Gasteiger partial charge on any atom is 0.492 e. The van der Waals surface area contributed by atoms with Gasteiger partial charge in [0.05, 0.1) is 24.7 Å². The Hall–Kier alpha value is -0.690. The molecular weight excluding hydrogens is 501 g/mol. The standard InChI is InChI=1S/C14H27O15P3/c1-9-14(27-11(3)16)12(7-24-10(2)15)13(26-9)8-25-31(19,22-5)29-32(20,23-6)28-30(17,18)21-4/h9,12-14H,7-8H2,1-6H3,(H,17,18)/t9-,12+,13+,14-,31?,32?/m0/s1. The third-order valence-electron chi connectivity index (χ3n) is 4.01. The fourth-order valence-corrected chi connectivity index (χ4v) is 6.67. The molecule has 0 spiro atoms. The average molecular weight is 528 g/mol. The van der Waals surface area contributed by atoms with Crippen LogP contribution in [0.3, 0.4) is 0 Å². The van der Waals surface area contributed by atoms with E-state index in [1.54, 1.807) is 6.92 Å². The highest BCUT2D eigenvalue weighted by Gasteiger charge is 2.48. The second kappa shape index (κ2) is 12.1. The molecule has 1 saturated heterocycles. The van der Waals surface area contributed by atoms with Crippen molar-refractivity contribution < 1.29 is 69.1 Å². The topological polar surface area (TPSA) is 189 Å². The summed E-state index contributed by atoms with van der Waals surface area (Å²) < 4.78 is 79.8.